The van der Waals surface area contributed by atoms with Crippen LogP contribution in [0, 0.1) is 0 Å². The number of hydrogen-bond acceptors (Lipinski definition) is 3. The Balaban J connectivity index is 1.52. The second-order valence-electron chi connectivity index (χ2n) is 5.52. The van der Waals surface area contributed by atoms with Crippen LogP contribution in [0.3, 0.4) is 0 Å². The minimum absolute atomic E-state index is 1.02. The smallest absolute Gasteiger partial charge is 0.0492 e. The highest BCUT2D eigenvalue weighted by molar-refractivity contribution is 5.14. The Bertz CT molecular complexity index is 507. The van der Waals surface area contributed by atoms with Crippen LogP contribution in [0.15, 0.2) is 42.6 Å². The Hall–Kier alpha value is -1.65. The summed E-state index contributed by atoms with van der Waals surface area (Å²) in [6.07, 6.45) is 4.07. The van der Waals surface area contributed by atoms with Crippen molar-refractivity contribution in [1.82, 2.24) is 20.0 Å². The predicted molar refractivity (Wildman–Crippen MR) is 87.2 cm³/mol. The van der Waals surface area contributed by atoms with E-state index in [2.05, 4.69) is 58.8 Å². The van der Waals surface area contributed by atoms with E-state index in [1.54, 1.807) is 0 Å². The summed E-state index contributed by atoms with van der Waals surface area (Å²) in [5, 5.41) is 7.68. The van der Waals surface area contributed by atoms with E-state index in [4.69, 9.17) is 0 Å². The van der Waals surface area contributed by atoms with Crippen molar-refractivity contribution in [2.75, 3.05) is 26.7 Å². The third-order valence-corrected chi connectivity index (χ3v) is 3.67. The Morgan fingerprint density at radius 1 is 1.14 bits per heavy atom. The summed E-state index contributed by atoms with van der Waals surface area (Å²) in [5.74, 6) is 0. The van der Waals surface area contributed by atoms with Gasteiger partial charge in [0, 0.05) is 38.4 Å². The number of aromatic nitrogens is 2. The van der Waals surface area contributed by atoms with Gasteiger partial charge in [0.25, 0.3) is 0 Å². The molecule has 0 radical (unpaired) electrons. The van der Waals surface area contributed by atoms with Gasteiger partial charge < -0.3 is 10.2 Å². The third-order valence-electron chi connectivity index (χ3n) is 3.67. The van der Waals surface area contributed by atoms with E-state index in [1.165, 1.54) is 17.7 Å². The highest BCUT2D eigenvalue weighted by atomic mass is 15.3. The molecular weight excluding hydrogens is 260 g/mol. The molecule has 0 bridgehead atoms. The molecule has 1 heterocycles. The average molecular weight is 286 g/mol. The number of nitrogens with zero attached hydrogens (tertiary/aromatic N) is 3. The van der Waals surface area contributed by atoms with Crippen molar-refractivity contribution in [1.29, 1.82) is 0 Å². The predicted octanol–water partition coefficient (Wildman–Crippen LogP) is 2.07. The molecule has 0 aliphatic heterocycles. The van der Waals surface area contributed by atoms with Crippen molar-refractivity contribution in [3.8, 4) is 0 Å². The molecule has 2 rings (SSSR count). The summed E-state index contributed by atoms with van der Waals surface area (Å²) in [7, 11) is 4.18. The van der Waals surface area contributed by atoms with Gasteiger partial charge in [0.15, 0.2) is 0 Å². The van der Waals surface area contributed by atoms with Gasteiger partial charge in [-0.05, 0) is 38.2 Å². The minimum atomic E-state index is 1.02. The minimum Gasteiger partial charge on any atom is -0.316 e. The molecule has 1 N–H and O–H groups in total. The first-order valence-corrected chi connectivity index (χ1v) is 7.66. The maximum absolute atomic E-state index is 4.18. The highest BCUT2D eigenvalue weighted by Gasteiger charge is 2.00. The first kappa shape index (κ1) is 15.7. The molecule has 0 unspecified atom stereocenters. The molecule has 21 heavy (non-hydrogen) atoms. The molecule has 4 heteroatoms. The summed E-state index contributed by atoms with van der Waals surface area (Å²) in [6.45, 7) is 4.22. The van der Waals surface area contributed by atoms with Gasteiger partial charge in [-0.3, -0.25) is 4.68 Å². The summed E-state index contributed by atoms with van der Waals surface area (Å²) in [4.78, 5) is 2.37. The fraction of sp³-hybridized carbons (Fsp3) is 0.471. The molecule has 0 saturated carbocycles. The molecule has 0 aliphatic rings. The molecule has 1 aromatic carbocycles. The van der Waals surface area contributed by atoms with Crippen molar-refractivity contribution in [2.45, 2.75) is 19.4 Å². The monoisotopic (exact) mass is 286 g/mol. The number of benzene rings is 1. The second kappa shape index (κ2) is 8.60. The molecular formula is C17H26N4. The number of rotatable bonds is 9. The van der Waals surface area contributed by atoms with Gasteiger partial charge >= 0.3 is 0 Å². The summed E-state index contributed by atoms with van der Waals surface area (Å²) >= 11 is 0. The van der Waals surface area contributed by atoms with Crippen LogP contribution in [0.1, 0.15) is 17.7 Å². The maximum Gasteiger partial charge on any atom is 0.0492 e. The van der Waals surface area contributed by atoms with Crippen molar-refractivity contribution >= 4 is 0 Å². The molecule has 0 saturated heterocycles. The molecule has 0 atom stereocenters. The molecule has 0 amide bonds. The van der Waals surface area contributed by atoms with Crippen molar-refractivity contribution < 1.29 is 0 Å². The largest absolute Gasteiger partial charge is 0.316 e. The lowest BCUT2D eigenvalue weighted by molar-refractivity contribution is 0.320. The van der Waals surface area contributed by atoms with Gasteiger partial charge in [-0.2, -0.15) is 5.10 Å². The fourth-order valence-corrected chi connectivity index (χ4v) is 2.44. The Labute approximate surface area is 127 Å². The van der Waals surface area contributed by atoms with Gasteiger partial charge in [0.2, 0.25) is 0 Å². The quantitative estimate of drug-likeness (QED) is 0.717. The standard InChI is InChI=1S/C17H26N4/c1-20(15-16-7-4-3-5-8-16)14-6-11-18-12-9-17-10-13-19-21(17)2/h3-5,7-8,10,13,18H,6,9,11-12,14-15H2,1-2H3. The molecule has 4 nitrogen and oxygen atoms in total. The van der Waals surface area contributed by atoms with Gasteiger partial charge in [-0.15, -0.1) is 0 Å². The molecule has 114 valence electrons. The van der Waals surface area contributed by atoms with Crippen LogP contribution in [-0.2, 0) is 20.0 Å². The van der Waals surface area contributed by atoms with E-state index in [1.807, 2.05) is 17.9 Å². The van der Waals surface area contributed by atoms with E-state index < -0.39 is 0 Å². The van der Waals surface area contributed by atoms with Crippen LogP contribution >= 0.6 is 0 Å². The van der Waals surface area contributed by atoms with Gasteiger partial charge in [-0.25, -0.2) is 0 Å². The molecule has 0 aliphatic carbocycles. The summed E-state index contributed by atoms with van der Waals surface area (Å²) in [5.41, 5.74) is 2.66. The van der Waals surface area contributed by atoms with Gasteiger partial charge in [0.05, 0.1) is 0 Å². The number of nitrogens with one attached hydrogen (secondary N) is 1. The van der Waals surface area contributed by atoms with Crippen molar-refractivity contribution in [2.24, 2.45) is 7.05 Å². The van der Waals surface area contributed by atoms with E-state index in [0.717, 1.165) is 32.6 Å². The number of hydrogen-bond donors (Lipinski definition) is 1. The van der Waals surface area contributed by atoms with Crippen LogP contribution in [0.5, 0.6) is 0 Å². The van der Waals surface area contributed by atoms with Crippen LogP contribution < -0.4 is 5.32 Å². The van der Waals surface area contributed by atoms with Gasteiger partial charge in [-0.1, -0.05) is 30.3 Å². The highest BCUT2D eigenvalue weighted by Crippen LogP contribution is 2.02. The summed E-state index contributed by atoms with van der Waals surface area (Å²) < 4.78 is 1.94. The number of aryl methyl sites for hydroxylation is 1. The van der Waals surface area contributed by atoms with Crippen LogP contribution in [-0.4, -0.2) is 41.4 Å². The van der Waals surface area contributed by atoms with Crippen molar-refractivity contribution in [3.05, 3.63) is 53.9 Å². The van der Waals surface area contributed by atoms with Crippen LogP contribution in [0.2, 0.25) is 0 Å². The molecule has 0 spiro atoms. The topological polar surface area (TPSA) is 33.1 Å². The van der Waals surface area contributed by atoms with E-state index in [9.17, 15) is 0 Å². The fourth-order valence-electron chi connectivity index (χ4n) is 2.44. The van der Waals surface area contributed by atoms with Crippen LogP contribution in [0.25, 0.3) is 0 Å². The Morgan fingerprint density at radius 2 is 1.95 bits per heavy atom. The summed E-state index contributed by atoms with van der Waals surface area (Å²) in [6, 6.07) is 12.7. The lowest BCUT2D eigenvalue weighted by Gasteiger charge is -2.16. The molecule has 2 aromatic rings. The lowest BCUT2D eigenvalue weighted by atomic mass is 10.2. The zero-order chi connectivity index (χ0) is 14.9. The Kier molecular flexibility index (Phi) is 6.44. The van der Waals surface area contributed by atoms with Crippen molar-refractivity contribution in [3.63, 3.8) is 0 Å². The Morgan fingerprint density at radius 3 is 2.67 bits per heavy atom. The van der Waals surface area contributed by atoms with E-state index in [-0.39, 0.29) is 0 Å². The average Bonchev–Trinajstić information content (AvgIpc) is 2.89. The first-order valence-electron chi connectivity index (χ1n) is 7.66. The van der Waals surface area contributed by atoms with Crippen LogP contribution in [0.4, 0.5) is 0 Å². The van der Waals surface area contributed by atoms with Gasteiger partial charge in [0.1, 0.15) is 0 Å². The SMILES string of the molecule is CN(CCCNCCc1ccnn1C)Cc1ccccc1. The lowest BCUT2D eigenvalue weighted by Crippen LogP contribution is -2.25. The molecule has 1 aromatic heterocycles. The normalized spacial score (nSPS) is 11.2. The first-order chi connectivity index (χ1) is 10.3. The van der Waals surface area contributed by atoms with E-state index >= 15 is 0 Å². The third kappa shape index (κ3) is 5.69. The maximum atomic E-state index is 4.18. The zero-order valence-electron chi connectivity index (χ0n) is 13.1. The second-order valence-corrected chi connectivity index (χ2v) is 5.52. The van der Waals surface area contributed by atoms with E-state index in [0.29, 0.717) is 0 Å². The molecule has 0 fully saturated rings. The zero-order valence-corrected chi connectivity index (χ0v) is 13.1.